The molecule has 0 saturated carbocycles. The van der Waals surface area contributed by atoms with E-state index in [4.69, 9.17) is 4.74 Å². The summed E-state index contributed by atoms with van der Waals surface area (Å²) in [5.74, 6) is 1.03. The zero-order valence-corrected chi connectivity index (χ0v) is 19.0. The Balaban J connectivity index is 1.23. The molecule has 1 aliphatic rings. The molecule has 0 bridgehead atoms. The Morgan fingerprint density at radius 1 is 1.06 bits per heavy atom. The molecule has 1 saturated heterocycles. The fourth-order valence-corrected chi connectivity index (χ4v) is 4.40. The van der Waals surface area contributed by atoms with Gasteiger partial charge in [-0.3, -0.25) is 0 Å². The third-order valence-corrected chi connectivity index (χ3v) is 6.31. The van der Waals surface area contributed by atoms with Gasteiger partial charge in [-0.2, -0.15) is 13.2 Å². The van der Waals surface area contributed by atoms with Gasteiger partial charge in [0.25, 0.3) is 0 Å². The number of nitrogens with one attached hydrogen (secondary N) is 2. The van der Waals surface area contributed by atoms with Crippen LogP contribution in [0.2, 0.25) is 0 Å². The third-order valence-electron chi connectivity index (χ3n) is 6.31. The number of H-pyrrole nitrogens is 1. The van der Waals surface area contributed by atoms with E-state index in [2.05, 4.69) is 20.2 Å². The van der Waals surface area contributed by atoms with Crippen molar-refractivity contribution in [2.24, 2.45) is 0 Å². The summed E-state index contributed by atoms with van der Waals surface area (Å²) in [4.78, 5) is 9.70. The van der Waals surface area contributed by atoms with Crippen LogP contribution in [-0.2, 0) is 6.18 Å². The second-order valence-corrected chi connectivity index (χ2v) is 8.66. The first-order valence-electron chi connectivity index (χ1n) is 11.4. The van der Waals surface area contributed by atoms with Crippen LogP contribution in [0.1, 0.15) is 24.0 Å². The number of aromatic amines is 1. The number of benzene rings is 2. The van der Waals surface area contributed by atoms with E-state index in [0.717, 1.165) is 66.3 Å². The van der Waals surface area contributed by atoms with Gasteiger partial charge in [-0.05, 0) is 55.5 Å². The molecule has 4 aromatic rings. The molecule has 35 heavy (non-hydrogen) atoms. The van der Waals surface area contributed by atoms with E-state index in [1.54, 1.807) is 12.3 Å². The molecule has 0 atom stereocenters. The third kappa shape index (κ3) is 4.89. The van der Waals surface area contributed by atoms with Crippen LogP contribution in [0.15, 0.2) is 60.9 Å². The first-order chi connectivity index (χ1) is 16.8. The van der Waals surface area contributed by atoms with Crippen LogP contribution in [-0.4, -0.2) is 29.2 Å². The maximum Gasteiger partial charge on any atom is 0.416 e. The van der Waals surface area contributed by atoms with Gasteiger partial charge >= 0.3 is 6.18 Å². The summed E-state index contributed by atoms with van der Waals surface area (Å²) < 4.78 is 57.9. The average molecular weight is 484 g/mol. The lowest BCUT2D eigenvalue weighted by molar-refractivity contribution is -0.137. The van der Waals surface area contributed by atoms with Crippen LogP contribution in [0.4, 0.5) is 34.8 Å². The van der Waals surface area contributed by atoms with Crippen molar-refractivity contribution in [1.29, 1.82) is 0 Å². The maximum absolute atomic E-state index is 13.7. The summed E-state index contributed by atoms with van der Waals surface area (Å²) in [5, 5.41) is 3.94. The fourth-order valence-electron chi connectivity index (χ4n) is 4.40. The van der Waals surface area contributed by atoms with Gasteiger partial charge in [-0.15, -0.1) is 0 Å². The Morgan fingerprint density at radius 3 is 2.51 bits per heavy atom. The zero-order chi connectivity index (χ0) is 24.6. The number of halogens is 4. The molecule has 3 heterocycles. The molecule has 2 N–H and O–H groups in total. The summed E-state index contributed by atoms with van der Waals surface area (Å²) in [6, 6.07) is 12.2. The zero-order valence-electron chi connectivity index (χ0n) is 19.0. The molecule has 9 heteroatoms. The molecule has 1 aliphatic heterocycles. The van der Waals surface area contributed by atoms with Crippen molar-refractivity contribution < 1.29 is 22.3 Å². The van der Waals surface area contributed by atoms with Gasteiger partial charge in [0.15, 0.2) is 0 Å². The number of anilines is 3. The standard InChI is InChI=1S/C26H24F4N4O/c1-16-23(33-18-4-7-21-22(27)15-32-24(21)14-18)8-11-31-25(16)34-12-9-20(10-13-34)35-19-5-2-17(3-6-19)26(28,29)30/h2-8,11,14-15,20,32H,9-10,12-13H2,1H3,(H,31,33). The van der Waals surface area contributed by atoms with Gasteiger partial charge in [0.1, 0.15) is 23.5 Å². The maximum atomic E-state index is 13.7. The Morgan fingerprint density at radius 2 is 1.80 bits per heavy atom. The van der Waals surface area contributed by atoms with E-state index in [1.165, 1.54) is 18.3 Å². The second-order valence-electron chi connectivity index (χ2n) is 8.66. The van der Waals surface area contributed by atoms with Crippen LogP contribution in [0, 0.1) is 12.7 Å². The van der Waals surface area contributed by atoms with Crippen molar-refractivity contribution in [2.45, 2.75) is 32.0 Å². The number of aromatic nitrogens is 2. The molecule has 0 radical (unpaired) electrons. The molecule has 5 nitrogen and oxygen atoms in total. The number of ether oxygens (including phenoxy) is 1. The Hall–Kier alpha value is -3.75. The predicted molar refractivity (Wildman–Crippen MR) is 128 cm³/mol. The number of rotatable bonds is 5. The SMILES string of the molecule is Cc1c(Nc2ccc3c(F)c[nH]c3c2)ccnc1N1CCC(Oc2ccc(C(F)(F)F)cc2)CC1. The Kier molecular flexibility index (Phi) is 6.00. The Labute approximate surface area is 199 Å². The predicted octanol–water partition coefficient (Wildman–Crippen LogP) is 6.82. The van der Waals surface area contributed by atoms with Gasteiger partial charge in [-0.1, -0.05) is 0 Å². The number of pyridine rings is 1. The Bertz CT molecular complexity index is 1330. The monoisotopic (exact) mass is 484 g/mol. The minimum absolute atomic E-state index is 0.0717. The van der Waals surface area contributed by atoms with E-state index < -0.39 is 11.7 Å². The number of alkyl halides is 3. The molecule has 1 fully saturated rings. The molecule has 182 valence electrons. The van der Waals surface area contributed by atoms with Crippen molar-refractivity contribution in [3.63, 3.8) is 0 Å². The highest BCUT2D eigenvalue weighted by molar-refractivity contribution is 5.84. The van der Waals surface area contributed by atoms with Gasteiger partial charge in [0.2, 0.25) is 0 Å². The van der Waals surface area contributed by atoms with Crippen molar-refractivity contribution >= 4 is 28.1 Å². The summed E-state index contributed by atoms with van der Waals surface area (Å²) >= 11 is 0. The molecule has 0 spiro atoms. The average Bonchev–Trinajstić information content (AvgIpc) is 3.21. The quantitative estimate of drug-likeness (QED) is 0.305. The van der Waals surface area contributed by atoms with Crippen molar-refractivity contribution in [3.8, 4) is 5.75 Å². The lowest BCUT2D eigenvalue weighted by atomic mass is 10.1. The molecule has 0 aliphatic carbocycles. The minimum Gasteiger partial charge on any atom is -0.490 e. The van der Waals surface area contributed by atoms with E-state index in [-0.39, 0.29) is 11.9 Å². The van der Waals surface area contributed by atoms with Crippen molar-refractivity contribution in [1.82, 2.24) is 9.97 Å². The van der Waals surface area contributed by atoms with Gasteiger partial charge in [0.05, 0.1) is 11.1 Å². The van der Waals surface area contributed by atoms with Crippen LogP contribution in [0.3, 0.4) is 0 Å². The van der Waals surface area contributed by atoms with Crippen molar-refractivity contribution in [2.75, 3.05) is 23.3 Å². The van der Waals surface area contributed by atoms with E-state index in [9.17, 15) is 17.6 Å². The molecular formula is C26H24F4N4O. The smallest absolute Gasteiger partial charge is 0.416 e. The normalized spacial score (nSPS) is 14.9. The topological polar surface area (TPSA) is 53.2 Å². The van der Waals surface area contributed by atoms with Crippen LogP contribution >= 0.6 is 0 Å². The van der Waals surface area contributed by atoms with Crippen molar-refractivity contribution in [3.05, 3.63) is 77.9 Å². The first kappa shape index (κ1) is 23.0. The van der Waals surface area contributed by atoms with Gasteiger partial charge in [0, 0.05) is 60.6 Å². The molecular weight excluding hydrogens is 460 g/mol. The second kappa shape index (κ2) is 9.13. The largest absolute Gasteiger partial charge is 0.490 e. The number of piperidine rings is 1. The fraction of sp³-hybridized carbons (Fsp3) is 0.269. The summed E-state index contributed by atoms with van der Waals surface area (Å²) in [7, 11) is 0. The lowest BCUT2D eigenvalue weighted by Crippen LogP contribution is -2.39. The minimum atomic E-state index is -4.36. The highest BCUT2D eigenvalue weighted by Gasteiger charge is 2.30. The summed E-state index contributed by atoms with van der Waals surface area (Å²) in [6.45, 7) is 3.44. The molecule has 2 aromatic carbocycles. The number of hydrogen-bond donors (Lipinski definition) is 2. The van der Waals surface area contributed by atoms with E-state index in [1.807, 2.05) is 25.1 Å². The number of nitrogens with zero attached hydrogens (tertiary/aromatic N) is 2. The molecule has 0 unspecified atom stereocenters. The molecule has 0 amide bonds. The highest BCUT2D eigenvalue weighted by atomic mass is 19.4. The number of fused-ring (bicyclic) bond motifs is 1. The lowest BCUT2D eigenvalue weighted by Gasteiger charge is -2.34. The van der Waals surface area contributed by atoms with E-state index >= 15 is 0 Å². The van der Waals surface area contributed by atoms with Crippen LogP contribution in [0.5, 0.6) is 5.75 Å². The van der Waals surface area contributed by atoms with Crippen LogP contribution in [0.25, 0.3) is 10.9 Å². The summed E-state index contributed by atoms with van der Waals surface area (Å²) in [6.07, 6.45) is 0.128. The molecule has 2 aromatic heterocycles. The molecule has 5 rings (SSSR count). The van der Waals surface area contributed by atoms with Gasteiger partial charge < -0.3 is 19.9 Å². The highest BCUT2D eigenvalue weighted by Crippen LogP contribution is 2.32. The van der Waals surface area contributed by atoms with E-state index in [0.29, 0.717) is 11.1 Å². The number of hydrogen-bond acceptors (Lipinski definition) is 4. The van der Waals surface area contributed by atoms with Crippen LogP contribution < -0.4 is 15.0 Å². The van der Waals surface area contributed by atoms with Gasteiger partial charge in [-0.25, -0.2) is 9.37 Å². The first-order valence-corrected chi connectivity index (χ1v) is 11.4. The summed E-state index contributed by atoms with van der Waals surface area (Å²) in [5.41, 5.74) is 2.77.